The van der Waals surface area contributed by atoms with Gasteiger partial charge in [0.2, 0.25) is 0 Å². The molecule has 0 aromatic carbocycles. The third kappa shape index (κ3) is 0.492. The molecule has 0 aliphatic carbocycles. The Morgan fingerprint density at radius 1 is 1.40 bits per heavy atom. The van der Waals surface area contributed by atoms with Gasteiger partial charge in [-0.3, -0.25) is 0 Å². The highest BCUT2D eigenvalue weighted by atomic mass is 16.3. The van der Waals surface area contributed by atoms with E-state index in [4.69, 9.17) is 10.2 Å². The number of nitrogens with zero attached hydrogens (tertiary/aromatic N) is 1. The minimum atomic E-state index is 0.00463. The van der Waals surface area contributed by atoms with Crippen molar-refractivity contribution in [2.45, 2.75) is 6.54 Å². The first-order chi connectivity index (χ1) is 4.79. The van der Waals surface area contributed by atoms with Gasteiger partial charge in [-0.2, -0.15) is 0 Å². The van der Waals surface area contributed by atoms with Crippen molar-refractivity contribution >= 4 is 5.76 Å². The molecule has 2 rings (SSSR count). The maximum Gasteiger partial charge on any atom is 0.179 e. The van der Waals surface area contributed by atoms with Gasteiger partial charge in [0.1, 0.15) is 0 Å². The van der Waals surface area contributed by atoms with Crippen LogP contribution in [0.4, 0.5) is 0 Å². The Balaban J connectivity index is 2.60. The molecule has 0 amide bonds. The summed E-state index contributed by atoms with van der Waals surface area (Å²) in [7, 11) is 0. The summed E-state index contributed by atoms with van der Waals surface area (Å²) in [6.45, 7) is 0.397. The zero-order valence-electron chi connectivity index (χ0n) is 5.28. The van der Waals surface area contributed by atoms with E-state index in [0.29, 0.717) is 12.2 Å². The summed E-state index contributed by atoms with van der Waals surface area (Å²) in [6.07, 6.45) is 1.81. The second-order valence-corrected chi connectivity index (χ2v) is 2.32. The van der Waals surface area contributed by atoms with Gasteiger partial charge < -0.3 is 14.8 Å². The van der Waals surface area contributed by atoms with E-state index >= 15 is 0 Å². The Hall–Kier alpha value is -1.38. The SMILES string of the molecule is OC1=C(O)c2cccn2C1. The normalized spacial score (nSPS) is 16.0. The lowest BCUT2D eigenvalue weighted by Gasteiger charge is -1.92. The Morgan fingerprint density at radius 3 is 2.90 bits per heavy atom. The van der Waals surface area contributed by atoms with Crippen molar-refractivity contribution in [2.24, 2.45) is 0 Å². The lowest BCUT2D eigenvalue weighted by atomic mass is 10.3. The number of fused-ring (bicyclic) bond motifs is 1. The zero-order valence-corrected chi connectivity index (χ0v) is 5.28. The van der Waals surface area contributed by atoms with E-state index in [2.05, 4.69) is 0 Å². The monoisotopic (exact) mass is 137 g/mol. The summed E-state index contributed by atoms with van der Waals surface area (Å²) >= 11 is 0. The van der Waals surface area contributed by atoms with Crippen LogP contribution in [0.15, 0.2) is 24.1 Å². The minimum absolute atomic E-state index is 0.00463. The predicted octanol–water partition coefficient (Wildman–Crippen LogP) is 1.29. The van der Waals surface area contributed by atoms with Crippen LogP contribution in [0.5, 0.6) is 0 Å². The molecule has 2 heterocycles. The fraction of sp³-hybridized carbons (Fsp3) is 0.143. The maximum absolute atomic E-state index is 9.15. The van der Waals surface area contributed by atoms with Crippen molar-refractivity contribution in [3.05, 3.63) is 29.8 Å². The summed E-state index contributed by atoms with van der Waals surface area (Å²) in [5.41, 5.74) is 0.692. The van der Waals surface area contributed by atoms with Crippen molar-refractivity contribution in [3.8, 4) is 0 Å². The molecule has 52 valence electrons. The number of aromatic nitrogens is 1. The van der Waals surface area contributed by atoms with Crippen LogP contribution in [0.3, 0.4) is 0 Å². The molecule has 1 aromatic heterocycles. The van der Waals surface area contributed by atoms with Crippen LogP contribution in [0.1, 0.15) is 5.69 Å². The number of hydrogen-bond donors (Lipinski definition) is 2. The molecule has 0 fully saturated rings. The van der Waals surface area contributed by atoms with Crippen molar-refractivity contribution in [3.63, 3.8) is 0 Å². The molecule has 0 radical (unpaired) electrons. The third-order valence-corrected chi connectivity index (χ3v) is 1.67. The smallest absolute Gasteiger partial charge is 0.179 e. The van der Waals surface area contributed by atoms with Crippen molar-refractivity contribution in [1.82, 2.24) is 4.57 Å². The van der Waals surface area contributed by atoms with Crippen LogP contribution in [-0.4, -0.2) is 14.8 Å². The second kappa shape index (κ2) is 1.56. The van der Waals surface area contributed by atoms with Gasteiger partial charge >= 0.3 is 0 Å². The first-order valence-electron chi connectivity index (χ1n) is 3.05. The standard InChI is InChI=1S/C7H7NO2/c9-6-4-8-3-1-2-5(8)7(6)10/h1-3,9-10H,4H2. The van der Waals surface area contributed by atoms with Crippen LogP contribution in [0, 0.1) is 0 Å². The van der Waals surface area contributed by atoms with Gasteiger partial charge in [0.05, 0.1) is 12.2 Å². The Morgan fingerprint density at radius 2 is 2.20 bits per heavy atom. The van der Waals surface area contributed by atoms with Crippen LogP contribution in [-0.2, 0) is 6.54 Å². The first-order valence-corrected chi connectivity index (χ1v) is 3.05. The van der Waals surface area contributed by atoms with Gasteiger partial charge in [-0.15, -0.1) is 0 Å². The molecule has 0 atom stereocenters. The molecule has 0 saturated carbocycles. The summed E-state index contributed by atoms with van der Waals surface area (Å²) in [4.78, 5) is 0. The third-order valence-electron chi connectivity index (χ3n) is 1.67. The first kappa shape index (κ1) is 5.41. The highest BCUT2D eigenvalue weighted by Gasteiger charge is 2.18. The van der Waals surface area contributed by atoms with E-state index in [-0.39, 0.29) is 11.5 Å². The van der Waals surface area contributed by atoms with E-state index in [1.54, 1.807) is 10.6 Å². The fourth-order valence-electron chi connectivity index (χ4n) is 1.15. The minimum Gasteiger partial charge on any atom is -0.507 e. The number of aliphatic hydroxyl groups excluding tert-OH is 2. The van der Waals surface area contributed by atoms with E-state index in [1.165, 1.54) is 0 Å². The summed E-state index contributed by atoms with van der Waals surface area (Å²) in [6, 6.07) is 3.59. The number of hydrogen-bond acceptors (Lipinski definition) is 2. The van der Waals surface area contributed by atoms with Crippen molar-refractivity contribution < 1.29 is 10.2 Å². The van der Waals surface area contributed by atoms with Gasteiger partial charge in [-0.25, -0.2) is 0 Å². The molecule has 2 N–H and O–H groups in total. The summed E-state index contributed by atoms with van der Waals surface area (Å²) in [5.74, 6) is 0.0561. The molecule has 3 nitrogen and oxygen atoms in total. The number of allylic oxidation sites excluding steroid dienone is 1. The second-order valence-electron chi connectivity index (χ2n) is 2.32. The van der Waals surface area contributed by atoms with Gasteiger partial charge in [0.15, 0.2) is 11.5 Å². The quantitative estimate of drug-likeness (QED) is 0.565. The fourth-order valence-corrected chi connectivity index (χ4v) is 1.15. The van der Waals surface area contributed by atoms with E-state index < -0.39 is 0 Å². The van der Waals surface area contributed by atoms with Crippen LogP contribution >= 0.6 is 0 Å². The molecule has 0 spiro atoms. The zero-order chi connectivity index (χ0) is 7.14. The van der Waals surface area contributed by atoms with Gasteiger partial charge in [0, 0.05) is 6.20 Å². The molecule has 1 aliphatic rings. The van der Waals surface area contributed by atoms with Crippen molar-refractivity contribution in [2.75, 3.05) is 0 Å². The molecular formula is C7H7NO2. The van der Waals surface area contributed by atoms with Crippen LogP contribution in [0.25, 0.3) is 5.76 Å². The molecule has 1 aliphatic heterocycles. The maximum atomic E-state index is 9.15. The van der Waals surface area contributed by atoms with Crippen LogP contribution < -0.4 is 0 Å². The lowest BCUT2D eigenvalue weighted by Crippen LogP contribution is -1.91. The highest BCUT2D eigenvalue weighted by molar-refractivity contribution is 5.60. The average molecular weight is 137 g/mol. The molecule has 3 heteroatoms. The molecule has 1 aromatic rings. The highest BCUT2D eigenvalue weighted by Crippen LogP contribution is 2.23. The Labute approximate surface area is 57.8 Å². The predicted molar refractivity (Wildman–Crippen MR) is 36.6 cm³/mol. The molecule has 0 bridgehead atoms. The average Bonchev–Trinajstić information content (AvgIpc) is 2.41. The number of aliphatic hydroxyl groups is 2. The molecule has 0 unspecified atom stereocenters. The number of rotatable bonds is 0. The lowest BCUT2D eigenvalue weighted by molar-refractivity contribution is 0.367. The largest absolute Gasteiger partial charge is 0.507 e. The summed E-state index contributed by atoms with van der Waals surface area (Å²) < 4.78 is 1.78. The van der Waals surface area contributed by atoms with E-state index in [0.717, 1.165) is 0 Å². The van der Waals surface area contributed by atoms with E-state index in [1.807, 2.05) is 12.3 Å². The Kier molecular flexibility index (Phi) is 0.845. The van der Waals surface area contributed by atoms with Gasteiger partial charge in [-0.05, 0) is 12.1 Å². The van der Waals surface area contributed by atoms with Crippen molar-refractivity contribution in [1.29, 1.82) is 0 Å². The van der Waals surface area contributed by atoms with Gasteiger partial charge in [-0.1, -0.05) is 0 Å². The van der Waals surface area contributed by atoms with Crippen LogP contribution in [0.2, 0.25) is 0 Å². The molecular weight excluding hydrogens is 130 g/mol. The Bertz CT molecular complexity index is 298. The topological polar surface area (TPSA) is 45.4 Å². The van der Waals surface area contributed by atoms with E-state index in [9.17, 15) is 0 Å². The van der Waals surface area contributed by atoms with Gasteiger partial charge in [0.25, 0.3) is 0 Å². The molecule has 0 saturated heterocycles. The summed E-state index contributed by atoms with van der Waals surface area (Å²) in [5, 5.41) is 18.2. The molecule has 10 heavy (non-hydrogen) atoms.